The van der Waals surface area contributed by atoms with Gasteiger partial charge in [0.1, 0.15) is 0 Å². The summed E-state index contributed by atoms with van der Waals surface area (Å²) in [5.74, 6) is 0. The van der Waals surface area contributed by atoms with E-state index < -0.39 is 0 Å². The Morgan fingerprint density at radius 1 is 1.15 bits per heavy atom. The number of benzene rings is 1. The second-order valence-electron chi connectivity index (χ2n) is 5.80. The maximum Gasteiger partial charge on any atom is 0.0642 e. The highest BCUT2D eigenvalue weighted by atomic mass is 16.5. The average Bonchev–Trinajstić information content (AvgIpc) is 2.92. The molecule has 0 aromatic heterocycles. The molecule has 2 aliphatic rings. The zero-order chi connectivity index (χ0) is 13.8. The third kappa shape index (κ3) is 3.25. The summed E-state index contributed by atoms with van der Waals surface area (Å²) in [4.78, 5) is 4.84. The lowest BCUT2D eigenvalue weighted by Gasteiger charge is -2.29. The van der Waals surface area contributed by atoms with Gasteiger partial charge in [-0.15, -0.1) is 0 Å². The standard InChI is InChI=1S/C16H25N3O/c1-18-8-2-3-16(18)13-17-14-4-6-15(7-5-14)19-9-11-20-12-10-19/h4-7,16-17H,2-3,8-13H2,1H3. The summed E-state index contributed by atoms with van der Waals surface area (Å²) < 4.78 is 5.39. The van der Waals surface area contributed by atoms with E-state index in [1.165, 1.54) is 30.8 Å². The van der Waals surface area contributed by atoms with Gasteiger partial charge in [0.15, 0.2) is 0 Å². The number of hydrogen-bond donors (Lipinski definition) is 1. The lowest BCUT2D eigenvalue weighted by atomic mass is 10.2. The van der Waals surface area contributed by atoms with Crippen LogP contribution in [0.4, 0.5) is 11.4 Å². The molecule has 4 heteroatoms. The molecule has 0 radical (unpaired) electrons. The van der Waals surface area contributed by atoms with Crippen LogP contribution in [0.15, 0.2) is 24.3 Å². The van der Waals surface area contributed by atoms with Gasteiger partial charge in [-0.25, -0.2) is 0 Å². The van der Waals surface area contributed by atoms with Crippen LogP contribution < -0.4 is 10.2 Å². The number of hydrogen-bond acceptors (Lipinski definition) is 4. The van der Waals surface area contributed by atoms with Crippen LogP contribution in [-0.4, -0.2) is 57.4 Å². The topological polar surface area (TPSA) is 27.7 Å². The molecule has 1 aromatic rings. The first kappa shape index (κ1) is 13.7. The van der Waals surface area contributed by atoms with Gasteiger partial charge in [0.2, 0.25) is 0 Å². The number of likely N-dealkylation sites (N-methyl/N-ethyl adjacent to an activating group) is 1. The first-order valence-corrected chi connectivity index (χ1v) is 7.70. The summed E-state index contributed by atoms with van der Waals surface area (Å²) in [7, 11) is 2.22. The van der Waals surface area contributed by atoms with E-state index in [0.717, 1.165) is 32.8 Å². The zero-order valence-corrected chi connectivity index (χ0v) is 12.3. The molecule has 0 spiro atoms. The maximum atomic E-state index is 5.39. The van der Waals surface area contributed by atoms with E-state index in [2.05, 4.69) is 46.4 Å². The molecule has 0 amide bonds. The van der Waals surface area contributed by atoms with Gasteiger partial charge in [0, 0.05) is 37.1 Å². The lowest BCUT2D eigenvalue weighted by Crippen LogP contribution is -2.36. The number of nitrogens with zero attached hydrogens (tertiary/aromatic N) is 2. The van der Waals surface area contributed by atoms with Crippen LogP contribution in [0.1, 0.15) is 12.8 Å². The summed E-state index contributed by atoms with van der Waals surface area (Å²) in [6, 6.07) is 9.51. The van der Waals surface area contributed by atoms with Crippen LogP contribution in [-0.2, 0) is 4.74 Å². The van der Waals surface area contributed by atoms with Crippen molar-refractivity contribution in [3.8, 4) is 0 Å². The molecule has 110 valence electrons. The molecule has 1 unspecified atom stereocenters. The predicted octanol–water partition coefficient (Wildman–Crippen LogP) is 2.03. The fourth-order valence-electron chi connectivity index (χ4n) is 3.08. The van der Waals surface area contributed by atoms with E-state index in [0.29, 0.717) is 6.04 Å². The molecule has 0 aliphatic carbocycles. The molecule has 1 atom stereocenters. The maximum absolute atomic E-state index is 5.39. The molecule has 2 heterocycles. The van der Waals surface area contributed by atoms with E-state index in [-0.39, 0.29) is 0 Å². The quantitative estimate of drug-likeness (QED) is 0.910. The average molecular weight is 275 g/mol. The number of ether oxygens (including phenoxy) is 1. The molecule has 1 aromatic carbocycles. The predicted molar refractivity (Wildman–Crippen MR) is 83.6 cm³/mol. The Labute approximate surface area is 121 Å². The van der Waals surface area contributed by atoms with E-state index in [4.69, 9.17) is 4.74 Å². The van der Waals surface area contributed by atoms with Gasteiger partial charge in [0.25, 0.3) is 0 Å². The van der Waals surface area contributed by atoms with Crippen molar-refractivity contribution < 1.29 is 4.74 Å². The van der Waals surface area contributed by atoms with E-state index in [1.54, 1.807) is 0 Å². The van der Waals surface area contributed by atoms with E-state index in [9.17, 15) is 0 Å². The summed E-state index contributed by atoms with van der Waals surface area (Å²) in [6.45, 7) is 5.97. The van der Waals surface area contributed by atoms with Crippen molar-refractivity contribution in [2.24, 2.45) is 0 Å². The van der Waals surface area contributed by atoms with Gasteiger partial charge >= 0.3 is 0 Å². The van der Waals surface area contributed by atoms with Crippen LogP contribution in [0.2, 0.25) is 0 Å². The minimum absolute atomic E-state index is 0.689. The number of morpholine rings is 1. The van der Waals surface area contributed by atoms with Crippen LogP contribution in [0.5, 0.6) is 0 Å². The Morgan fingerprint density at radius 2 is 1.90 bits per heavy atom. The van der Waals surface area contributed by atoms with Crippen molar-refractivity contribution in [1.29, 1.82) is 0 Å². The van der Waals surface area contributed by atoms with Gasteiger partial charge in [-0.1, -0.05) is 0 Å². The smallest absolute Gasteiger partial charge is 0.0642 e. The molecule has 20 heavy (non-hydrogen) atoms. The number of likely N-dealkylation sites (tertiary alicyclic amines) is 1. The number of rotatable bonds is 4. The Bertz CT molecular complexity index is 414. The van der Waals surface area contributed by atoms with Crippen molar-refractivity contribution >= 4 is 11.4 Å². The number of nitrogens with one attached hydrogen (secondary N) is 1. The van der Waals surface area contributed by atoms with Crippen LogP contribution in [0.25, 0.3) is 0 Å². The molecule has 0 bridgehead atoms. The molecule has 0 saturated carbocycles. The molecule has 3 rings (SSSR count). The van der Waals surface area contributed by atoms with Crippen molar-refractivity contribution in [3.05, 3.63) is 24.3 Å². The van der Waals surface area contributed by atoms with Crippen LogP contribution >= 0.6 is 0 Å². The molecule has 4 nitrogen and oxygen atoms in total. The lowest BCUT2D eigenvalue weighted by molar-refractivity contribution is 0.122. The van der Waals surface area contributed by atoms with Crippen LogP contribution in [0.3, 0.4) is 0 Å². The Kier molecular flexibility index (Phi) is 4.43. The molecule has 2 saturated heterocycles. The van der Waals surface area contributed by atoms with Crippen molar-refractivity contribution in [3.63, 3.8) is 0 Å². The molecule has 1 N–H and O–H groups in total. The molecule has 2 aliphatic heterocycles. The number of anilines is 2. The van der Waals surface area contributed by atoms with Gasteiger partial charge < -0.3 is 19.9 Å². The van der Waals surface area contributed by atoms with Crippen molar-refractivity contribution in [2.45, 2.75) is 18.9 Å². The summed E-state index contributed by atoms with van der Waals surface area (Å²) >= 11 is 0. The first-order valence-electron chi connectivity index (χ1n) is 7.70. The van der Waals surface area contributed by atoms with Crippen molar-refractivity contribution in [1.82, 2.24) is 4.90 Å². The third-order valence-electron chi connectivity index (χ3n) is 4.46. The Hall–Kier alpha value is -1.26. The zero-order valence-electron chi connectivity index (χ0n) is 12.3. The highest BCUT2D eigenvalue weighted by molar-refractivity contribution is 5.55. The van der Waals surface area contributed by atoms with Gasteiger partial charge in [-0.3, -0.25) is 0 Å². The Morgan fingerprint density at radius 3 is 2.55 bits per heavy atom. The highest BCUT2D eigenvalue weighted by Crippen LogP contribution is 2.20. The SMILES string of the molecule is CN1CCCC1CNc1ccc(N2CCOCC2)cc1. The third-order valence-corrected chi connectivity index (χ3v) is 4.46. The normalized spacial score (nSPS) is 24.1. The molecular formula is C16H25N3O. The molecule has 2 fully saturated rings. The Balaban J connectivity index is 1.53. The second-order valence-corrected chi connectivity index (χ2v) is 5.80. The van der Waals surface area contributed by atoms with E-state index in [1.807, 2.05) is 0 Å². The summed E-state index contributed by atoms with van der Waals surface area (Å²) in [6.07, 6.45) is 2.65. The highest BCUT2D eigenvalue weighted by Gasteiger charge is 2.20. The fourth-order valence-corrected chi connectivity index (χ4v) is 3.08. The minimum Gasteiger partial charge on any atom is -0.383 e. The van der Waals surface area contributed by atoms with Crippen molar-refractivity contribution in [2.75, 3.05) is 56.7 Å². The van der Waals surface area contributed by atoms with E-state index >= 15 is 0 Å². The van der Waals surface area contributed by atoms with Gasteiger partial charge in [-0.05, 0) is 50.7 Å². The largest absolute Gasteiger partial charge is 0.383 e. The summed E-state index contributed by atoms with van der Waals surface area (Å²) in [5.41, 5.74) is 2.53. The van der Waals surface area contributed by atoms with Gasteiger partial charge in [0.05, 0.1) is 13.2 Å². The second kappa shape index (κ2) is 6.46. The minimum atomic E-state index is 0.689. The van der Waals surface area contributed by atoms with Crippen LogP contribution in [0, 0.1) is 0 Å². The monoisotopic (exact) mass is 275 g/mol. The fraction of sp³-hybridized carbons (Fsp3) is 0.625. The van der Waals surface area contributed by atoms with Gasteiger partial charge in [-0.2, -0.15) is 0 Å². The summed E-state index contributed by atoms with van der Waals surface area (Å²) in [5, 5.41) is 3.56. The first-order chi connectivity index (χ1) is 9.83. The molecular weight excluding hydrogens is 250 g/mol.